The lowest BCUT2D eigenvalue weighted by atomic mass is 10.0. The normalized spacial score (nSPS) is 16.3. The van der Waals surface area contributed by atoms with Gasteiger partial charge >= 0.3 is 0 Å². The first-order valence-corrected chi connectivity index (χ1v) is 8.82. The van der Waals surface area contributed by atoms with Crippen LogP contribution in [0.3, 0.4) is 0 Å². The highest BCUT2D eigenvalue weighted by Crippen LogP contribution is 2.29. The lowest BCUT2D eigenvalue weighted by Crippen LogP contribution is -2.33. The van der Waals surface area contributed by atoms with E-state index in [1.54, 1.807) is 7.11 Å². The molecular formula is C18H25ClN6O. The van der Waals surface area contributed by atoms with Gasteiger partial charge in [-0.25, -0.2) is 4.68 Å². The maximum absolute atomic E-state index is 9.27. The Balaban J connectivity index is 0.00000243. The third-order valence-corrected chi connectivity index (χ3v) is 4.65. The molecule has 0 amide bonds. The number of aromatic nitrogens is 4. The van der Waals surface area contributed by atoms with E-state index in [-0.39, 0.29) is 18.4 Å². The molecule has 0 radical (unpaired) electrons. The van der Waals surface area contributed by atoms with Crippen LogP contribution >= 0.6 is 12.4 Å². The fraction of sp³-hybridized carbons (Fsp3) is 0.556. The molecule has 8 heteroatoms. The molecule has 1 fully saturated rings. The molecule has 2 aromatic rings. The molecule has 7 nitrogen and oxygen atoms in total. The van der Waals surface area contributed by atoms with Crippen molar-refractivity contribution in [2.45, 2.75) is 38.3 Å². The van der Waals surface area contributed by atoms with E-state index >= 15 is 0 Å². The number of methoxy groups -OCH3 is 1. The summed E-state index contributed by atoms with van der Waals surface area (Å²) in [5.74, 6) is 0.814. The van der Waals surface area contributed by atoms with Crippen molar-refractivity contribution >= 4 is 12.4 Å². The van der Waals surface area contributed by atoms with Gasteiger partial charge in [0, 0.05) is 7.11 Å². The maximum Gasteiger partial charge on any atom is 0.173 e. The van der Waals surface area contributed by atoms with Crippen LogP contribution in [-0.2, 0) is 11.3 Å². The summed E-state index contributed by atoms with van der Waals surface area (Å²) < 4.78 is 7.00. The second-order valence-electron chi connectivity index (χ2n) is 6.34. The van der Waals surface area contributed by atoms with Crippen molar-refractivity contribution in [3.63, 3.8) is 0 Å². The van der Waals surface area contributed by atoms with Crippen molar-refractivity contribution in [3.8, 4) is 6.07 Å². The predicted molar refractivity (Wildman–Crippen MR) is 100.0 cm³/mol. The fourth-order valence-corrected chi connectivity index (χ4v) is 3.40. The monoisotopic (exact) mass is 376 g/mol. The van der Waals surface area contributed by atoms with Crippen LogP contribution in [0.5, 0.6) is 0 Å². The fourth-order valence-electron chi connectivity index (χ4n) is 3.40. The second kappa shape index (κ2) is 10.2. The van der Waals surface area contributed by atoms with Crippen LogP contribution in [0.15, 0.2) is 24.3 Å². The number of hydrogen-bond acceptors (Lipinski definition) is 6. The Morgan fingerprint density at radius 2 is 2.00 bits per heavy atom. The number of halogens is 1. The van der Waals surface area contributed by atoms with Gasteiger partial charge in [-0.1, -0.05) is 25.0 Å². The van der Waals surface area contributed by atoms with Crippen LogP contribution < -0.4 is 0 Å². The Hall–Kier alpha value is -2.01. The number of ether oxygens (including phenoxy) is 1. The molecule has 0 saturated carbocycles. The van der Waals surface area contributed by atoms with Gasteiger partial charge in [-0.05, 0) is 54.1 Å². The first kappa shape index (κ1) is 20.3. The van der Waals surface area contributed by atoms with Gasteiger partial charge in [-0.15, -0.1) is 17.5 Å². The molecule has 2 heterocycles. The summed E-state index contributed by atoms with van der Waals surface area (Å²) >= 11 is 0. The Bertz CT molecular complexity index is 720. The van der Waals surface area contributed by atoms with Crippen molar-refractivity contribution in [1.82, 2.24) is 25.1 Å². The molecule has 140 valence electrons. The highest BCUT2D eigenvalue weighted by Gasteiger charge is 2.28. The second-order valence-corrected chi connectivity index (χ2v) is 6.34. The van der Waals surface area contributed by atoms with E-state index in [4.69, 9.17) is 4.74 Å². The minimum atomic E-state index is -0.0433. The molecule has 1 aliphatic heterocycles. The highest BCUT2D eigenvalue weighted by molar-refractivity contribution is 5.85. The van der Waals surface area contributed by atoms with Crippen LogP contribution in [0.25, 0.3) is 0 Å². The molecule has 1 aliphatic rings. The molecule has 0 spiro atoms. The van der Waals surface area contributed by atoms with Gasteiger partial charge in [0.1, 0.15) is 0 Å². The number of hydrogen-bond donors (Lipinski definition) is 0. The average molecular weight is 377 g/mol. The van der Waals surface area contributed by atoms with E-state index in [2.05, 4.69) is 32.6 Å². The minimum absolute atomic E-state index is 0. The highest BCUT2D eigenvalue weighted by atomic mass is 35.5. The van der Waals surface area contributed by atoms with Crippen molar-refractivity contribution < 1.29 is 4.74 Å². The van der Waals surface area contributed by atoms with Crippen molar-refractivity contribution in [1.29, 1.82) is 5.26 Å². The standard InChI is InChI=1S/C18H24N6O.ClH/c1-25-12-11-24-18(20-21-22-24)17(23-9-4-2-3-5-10-23)16-8-6-7-15(13-16)14-19;/h6-8,13,17H,2-5,9-12H2,1H3;1H. The van der Waals surface area contributed by atoms with Crippen LogP contribution in [-0.4, -0.2) is 51.9 Å². The number of benzene rings is 1. The van der Waals surface area contributed by atoms with E-state index in [0.29, 0.717) is 18.7 Å². The first-order valence-electron chi connectivity index (χ1n) is 8.82. The van der Waals surface area contributed by atoms with E-state index < -0.39 is 0 Å². The number of nitrogens with zero attached hydrogens (tertiary/aromatic N) is 6. The molecule has 3 rings (SSSR count). The van der Waals surface area contributed by atoms with Gasteiger partial charge in [-0.3, -0.25) is 4.90 Å². The van der Waals surface area contributed by atoms with Crippen LogP contribution in [0.2, 0.25) is 0 Å². The third-order valence-electron chi connectivity index (χ3n) is 4.65. The summed E-state index contributed by atoms with van der Waals surface area (Å²) in [6.07, 6.45) is 4.87. The summed E-state index contributed by atoms with van der Waals surface area (Å²) in [6.45, 7) is 3.20. The van der Waals surface area contributed by atoms with Gasteiger partial charge in [0.25, 0.3) is 0 Å². The Morgan fingerprint density at radius 1 is 1.23 bits per heavy atom. The van der Waals surface area contributed by atoms with Crippen LogP contribution in [0.1, 0.15) is 48.7 Å². The summed E-state index contributed by atoms with van der Waals surface area (Å²) in [7, 11) is 1.67. The first-order chi connectivity index (χ1) is 12.3. The molecule has 1 unspecified atom stereocenters. The molecule has 0 N–H and O–H groups in total. The zero-order valence-corrected chi connectivity index (χ0v) is 15.9. The quantitative estimate of drug-likeness (QED) is 0.770. The summed E-state index contributed by atoms with van der Waals surface area (Å²) in [5, 5.41) is 21.6. The van der Waals surface area contributed by atoms with Crippen molar-refractivity contribution in [2.75, 3.05) is 26.8 Å². The number of tetrazole rings is 1. The number of likely N-dealkylation sites (tertiary alicyclic amines) is 1. The zero-order chi connectivity index (χ0) is 17.5. The smallest absolute Gasteiger partial charge is 0.173 e. The summed E-state index contributed by atoms with van der Waals surface area (Å²) in [6, 6.07) is 9.96. The summed E-state index contributed by atoms with van der Waals surface area (Å²) in [4.78, 5) is 2.44. The molecule has 1 saturated heterocycles. The molecule has 1 aromatic heterocycles. The van der Waals surface area contributed by atoms with E-state index in [1.807, 2.05) is 22.9 Å². The summed E-state index contributed by atoms with van der Waals surface area (Å²) in [5.41, 5.74) is 1.72. The Morgan fingerprint density at radius 3 is 2.69 bits per heavy atom. The largest absolute Gasteiger partial charge is 0.383 e. The molecule has 26 heavy (non-hydrogen) atoms. The lowest BCUT2D eigenvalue weighted by Gasteiger charge is -2.30. The van der Waals surface area contributed by atoms with E-state index in [1.165, 1.54) is 25.7 Å². The van der Waals surface area contributed by atoms with Gasteiger partial charge in [0.05, 0.1) is 30.8 Å². The molecule has 0 bridgehead atoms. The van der Waals surface area contributed by atoms with Gasteiger partial charge in [-0.2, -0.15) is 5.26 Å². The van der Waals surface area contributed by atoms with E-state index in [9.17, 15) is 5.26 Å². The average Bonchev–Trinajstić information content (AvgIpc) is 2.93. The van der Waals surface area contributed by atoms with E-state index in [0.717, 1.165) is 24.5 Å². The Labute approximate surface area is 160 Å². The minimum Gasteiger partial charge on any atom is -0.383 e. The van der Waals surface area contributed by atoms with Crippen molar-refractivity contribution in [3.05, 3.63) is 41.2 Å². The maximum atomic E-state index is 9.27. The molecule has 0 aliphatic carbocycles. The SMILES string of the molecule is COCCn1nnnc1C(c1cccc(C#N)c1)N1CCCCCC1.Cl. The van der Waals surface area contributed by atoms with Crippen LogP contribution in [0, 0.1) is 11.3 Å². The third kappa shape index (κ3) is 4.79. The van der Waals surface area contributed by atoms with Crippen LogP contribution in [0.4, 0.5) is 0 Å². The number of rotatable bonds is 6. The topological polar surface area (TPSA) is 79.9 Å². The lowest BCUT2D eigenvalue weighted by molar-refractivity contribution is 0.175. The molecule has 1 atom stereocenters. The Kier molecular flexibility index (Phi) is 7.98. The van der Waals surface area contributed by atoms with Crippen molar-refractivity contribution in [2.24, 2.45) is 0 Å². The predicted octanol–water partition coefficient (Wildman–Crippen LogP) is 2.58. The van der Waals surface area contributed by atoms with Gasteiger partial charge in [0.15, 0.2) is 5.82 Å². The molecule has 1 aromatic carbocycles. The number of nitriles is 1. The van der Waals surface area contributed by atoms with Gasteiger partial charge in [0.2, 0.25) is 0 Å². The zero-order valence-electron chi connectivity index (χ0n) is 15.0. The molecular weight excluding hydrogens is 352 g/mol. The van der Waals surface area contributed by atoms with Gasteiger partial charge < -0.3 is 4.74 Å².